The number of pyridine rings is 1. The van der Waals surface area contributed by atoms with Crippen LogP contribution in [0.3, 0.4) is 0 Å². The lowest BCUT2D eigenvalue weighted by Gasteiger charge is -2.34. The van der Waals surface area contributed by atoms with E-state index in [1.165, 1.54) is 6.07 Å². The van der Waals surface area contributed by atoms with Crippen LogP contribution < -0.4 is 10.2 Å². The van der Waals surface area contributed by atoms with Gasteiger partial charge in [-0.1, -0.05) is 61.9 Å². The van der Waals surface area contributed by atoms with E-state index < -0.39 is 5.95 Å². The SMILES string of the molecule is CCCCO.CN1C(=O)c2c(nn(Cc3ccc(-c4cccc(F)n4)cc3)c2Nc2ccccc2)N2C1=N[C@@H]1CCC[C@@H]12. The number of hydrogen-bond donors (Lipinski definition) is 2. The summed E-state index contributed by atoms with van der Waals surface area (Å²) in [6.07, 6.45) is 5.22. The number of rotatable bonds is 7. The molecule has 4 heterocycles. The molecule has 0 spiro atoms. The molecule has 222 valence electrons. The predicted octanol–water partition coefficient (Wildman–Crippen LogP) is 5.84. The lowest BCUT2D eigenvalue weighted by Crippen LogP contribution is -2.51. The number of nitrogens with one attached hydrogen (secondary N) is 1. The van der Waals surface area contributed by atoms with Gasteiger partial charge in [0.15, 0.2) is 5.82 Å². The number of carbonyl (C=O) groups is 1. The molecule has 1 aliphatic carbocycles. The molecule has 0 saturated heterocycles. The molecule has 2 aromatic carbocycles. The third kappa shape index (κ3) is 5.62. The van der Waals surface area contributed by atoms with Gasteiger partial charge in [-0.15, -0.1) is 0 Å². The summed E-state index contributed by atoms with van der Waals surface area (Å²) in [5.74, 6) is 1.39. The summed E-state index contributed by atoms with van der Waals surface area (Å²) in [7, 11) is 1.79. The average Bonchev–Trinajstić information content (AvgIpc) is 3.72. The Labute approximate surface area is 250 Å². The maximum Gasteiger partial charge on any atom is 0.267 e. The Balaban J connectivity index is 0.000000611. The second-order valence-electron chi connectivity index (χ2n) is 11.0. The Bertz CT molecular complexity index is 1620. The largest absolute Gasteiger partial charge is 0.396 e. The molecular weight excluding hydrogens is 545 g/mol. The first-order valence-electron chi connectivity index (χ1n) is 14.9. The van der Waals surface area contributed by atoms with Crippen molar-refractivity contribution in [2.75, 3.05) is 23.9 Å². The maximum atomic E-state index is 13.7. The topological polar surface area (TPSA) is 98.9 Å². The van der Waals surface area contributed by atoms with Crippen LogP contribution in [0.15, 0.2) is 77.8 Å². The summed E-state index contributed by atoms with van der Waals surface area (Å²) in [6, 6.07) is 22.8. The standard InChI is InChI=1S/C29H26FN7O.C4H10O/c1-35-28(38)25-26(31-20-7-3-2-4-8-20)36(34-27(25)37-23-11-5-10-22(23)33-29(35)37)17-18-13-15-19(16-14-18)21-9-6-12-24(30)32-21;1-2-3-4-5/h2-4,6-9,12-16,22-23,31H,5,10-11,17H2,1H3;5H,2-4H2,1H3/t22-,23+;/m1./s1. The van der Waals surface area contributed by atoms with E-state index in [-0.39, 0.29) is 18.0 Å². The van der Waals surface area contributed by atoms with Crippen LogP contribution in [0.4, 0.5) is 21.7 Å². The van der Waals surface area contributed by atoms with Crippen molar-refractivity contribution >= 4 is 29.2 Å². The van der Waals surface area contributed by atoms with Gasteiger partial charge in [-0.3, -0.25) is 14.6 Å². The van der Waals surface area contributed by atoms with Gasteiger partial charge in [0.2, 0.25) is 11.9 Å². The van der Waals surface area contributed by atoms with Gasteiger partial charge in [-0.25, -0.2) is 14.7 Å². The number of nitrogens with zero attached hydrogens (tertiary/aromatic N) is 6. The number of fused-ring (bicyclic) bond motifs is 5. The van der Waals surface area contributed by atoms with Gasteiger partial charge in [-0.05, 0) is 55.5 Å². The average molecular weight is 582 g/mol. The highest BCUT2D eigenvalue weighted by Crippen LogP contribution is 2.43. The number of para-hydroxylation sites is 1. The Morgan fingerprint density at radius 1 is 1.02 bits per heavy atom. The third-order valence-corrected chi connectivity index (χ3v) is 8.10. The number of benzene rings is 2. The Hall–Kier alpha value is -4.57. The highest BCUT2D eigenvalue weighted by Gasteiger charge is 2.49. The zero-order valence-corrected chi connectivity index (χ0v) is 24.4. The van der Waals surface area contributed by atoms with Crippen molar-refractivity contribution in [3.05, 3.63) is 89.9 Å². The van der Waals surface area contributed by atoms with Gasteiger partial charge in [0, 0.05) is 24.9 Å². The number of unbranched alkanes of at least 4 members (excludes halogenated alkanes) is 1. The molecule has 1 amide bonds. The van der Waals surface area contributed by atoms with Crippen molar-refractivity contribution < 1.29 is 14.3 Å². The van der Waals surface area contributed by atoms with E-state index in [9.17, 15) is 9.18 Å². The molecule has 4 aromatic rings. The molecule has 1 saturated carbocycles. The predicted molar refractivity (Wildman–Crippen MR) is 166 cm³/mol. The Morgan fingerprint density at radius 2 is 1.81 bits per heavy atom. The minimum Gasteiger partial charge on any atom is -0.396 e. The number of halogens is 1. The number of aromatic nitrogens is 3. The van der Waals surface area contributed by atoms with Crippen molar-refractivity contribution in [3.63, 3.8) is 0 Å². The highest BCUT2D eigenvalue weighted by molar-refractivity contribution is 6.21. The van der Waals surface area contributed by atoms with Gasteiger partial charge >= 0.3 is 0 Å². The minimum atomic E-state index is -0.505. The molecule has 0 unspecified atom stereocenters. The maximum absolute atomic E-state index is 13.7. The summed E-state index contributed by atoms with van der Waals surface area (Å²) in [6.45, 7) is 2.84. The molecule has 1 fully saturated rings. The van der Waals surface area contributed by atoms with E-state index in [1.54, 1.807) is 24.1 Å². The second-order valence-corrected chi connectivity index (χ2v) is 11.0. The molecule has 2 aromatic heterocycles. The molecular formula is C33H36FN7O2. The van der Waals surface area contributed by atoms with Crippen LogP contribution in [-0.4, -0.2) is 62.4 Å². The van der Waals surface area contributed by atoms with Crippen LogP contribution in [0.2, 0.25) is 0 Å². The fourth-order valence-electron chi connectivity index (χ4n) is 5.89. The van der Waals surface area contributed by atoms with Crippen LogP contribution in [0.25, 0.3) is 11.3 Å². The summed E-state index contributed by atoms with van der Waals surface area (Å²) >= 11 is 0. The molecule has 0 bridgehead atoms. The van der Waals surface area contributed by atoms with Crippen LogP contribution >= 0.6 is 0 Å². The zero-order valence-electron chi connectivity index (χ0n) is 24.4. The van der Waals surface area contributed by atoms with Gasteiger partial charge in [-0.2, -0.15) is 9.49 Å². The first kappa shape index (κ1) is 28.5. The number of aliphatic imine (C=N–C) groups is 1. The lowest BCUT2D eigenvalue weighted by molar-refractivity contribution is 0.0866. The first-order chi connectivity index (χ1) is 21.0. The van der Waals surface area contributed by atoms with E-state index in [2.05, 4.69) is 22.1 Å². The van der Waals surface area contributed by atoms with Gasteiger partial charge in [0.1, 0.15) is 11.4 Å². The number of hydrogen-bond acceptors (Lipinski definition) is 7. The summed E-state index contributed by atoms with van der Waals surface area (Å²) in [5.41, 5.74) is 3.84. The second kappa shape index (κ2) is 12.3. The van der Waals surface area contributed by atoms with Crippen molar-refractivity contribution in [2.45, 2.75) is 57.7 Å². The number of aliphatic hydroxyl groups is 1. The number of guanidine groups is 1. The van der Waals surface area contributed by atoms with Crippen LogP contribution in [0.5, 0.6) is 0 Å². The highest BCUT2D eigenvalue weighted by atomic mass is 19.1. The molecule has 2 N–H and O–H groups in total. The zero-order chi connectivity index (χ0) is 29.9. The van der Waals surface area contributed by atoms with E-state index in [1.807, 2.05) is 59.3 Å². The Morgan fingerprint density at radius 3 is 2.51 bits per heavy atom. The third-order valence-electron chi connectivity index (χ3n) is 8.10. The normalized spacial score (nSPS) is 18.4. The van der Waals surface area contributed by atoms with E-state index in [0.717, 1.165) is 48.9 Å². The molecule has 9 nitrogen and oxygen atoms in total. The lowest BCUT2D eigenvalue weighted by atomic mass is 10.1. The molecule has 3 aliphatic rings. The van der Waals surface area contributed by atoms with Crippen molar-refractivity contribution in [3.8, 4) is 11.3 Å². The van der Waals surface area contributed by atoms with Crippen LogP contribution in [0.1, 0.15) is 54.9 Å². The number of anilines is 3. The van der Waals surface area contributed by atoms with Gasteiger partial charge in [0.25, 0.3) is 5.91 Å². The van der Waals surface area contributed by atoms with Gasteiger partial charge in [0.05, 0.1) is 24.3 Å². The van der Waals surface area contributed by atoms with Gasteiger partial charge < -0.3 is 10.4 Å². The van der Waals surface area contributed by atoms with Crippen LogP contribution in [-0.2, 0) is 6.54 Å². The number of aliphatic hydroxyl groups excluding tert-OH is 1. The minimum absolute atomic E-state index is 0.118. The molecule has 2 atom stereocenters. The fourth-order valence-corrected chi connectivity index (χ4v) is 5.89. The number of amides is 1. The molecule has 0 radical (unpaired) electrons. The summed E-state index contributed by atoms with van der Waals surface area (Å²) in [4.78, 5) is 26.4. The monoisotopic (exact) mass is 581 g/mol. The Kier molecular flexibility index (Phi) is 8.20. The van der Waals surface area contributed by atoms with Crippen molar-refractivity contribution in [2.24, 2.45) is 4.99 Å². The summed E-state index contributed by atoms with van der Waals surface area (Å²) in [5, 5.41) is 16.5. The molecule has 2 aliphatic heterocycles. The summed E-state index contributed by atoms with van der Waals surface area (Å²) < 4.78 is 15.5. The van der Waals surface area contributed by atoms with Crippen molar-refractivity contribution in [1.82, 2.24) is 19.7 Å². The molecule has 43 heavy (non-hydrogen) atoms. The van der Waals surface area contributed by atoms with E-state index >= 15 is 0 Å². The first-order valence-corrected chi connectivity index (χ1v) is 14.9. The smallest absolute Gasteiger partial charge is 0.267 e. The van der Waals surface area contributed by atoms with E-state index in [4.69, 9.17) is 15.2 Å². The fraction of sp³-hybridized carbons (Fsp3) is 0.333. The molecule has 10 heteroatoms. The molecule has 7 rings (SSSR count). The number of carbonyl (C=O) groups excluding carboxylic acids is 1. The van der Waals surface area contributed by atoms with E-state index in [0.29, 0.717) is 42.0 Å². The quantitative estimate of drug-likeness (QED) is 0.266. The van der Waals surface area contributed by atoms with Crippen molar-refractivity contribution in [1.29, 1.82) is 0 Å². The van der Waals surface area contributed by atoms with Crippen LogP contribution in [0, 0.1) is 5.95 Å².